The number of nitrogens with zero attached hydrogens (tertiary/aromatic N) is 4. The van der Waals surface area contributed by atoms with E-state index < -0.39 is 11.7 Å². The molecule has 0 bridgehead atoms. The number of nitrogens with two attached hydrogens (primary N) is 1. The van der Waals surface area contributed by atoms with Gasteiger partial charge in [-0.3, -0.25) is 4.79 Å². The summed E-state index contributed by atoms with van der Waals surface area (Å²) in [5.41, 5.74) is 6.22. The zero-order chi connectivity index (χ0) is 17.8. The van der Waals surface area contributed by atoms with Gasteiger partial charge in [-0.15, -0.1) is 0 Å². The van der Waals surface area contributed by atoms with Crippen molar-refractivity contribution in [2.45, 2.75) is 6.92 Å². The van der Waals surface area contributed by atoms with E-state index in [2.05, 4.69) is 9.97 Å². The number of primary amides is 1. The van der Waals surface area contributed by atoms with E-state index in [1.165, 1.54) is 12.1 Å². The molecule has 8 heteroatoms. The number of amides is 1. The highest BCUT2D eigenvalue weighted by molar-refractivity contribution is 5.98. The molecular formula is C17H20FN5O2. The number of aromatic nitrogens is 2. The standard InChI is InChI=1S/C17H20FN5O2/c1-2-25-15-5-6-20-17(21-15)23-9-7-22(8-10-23)14-4-3-12(18)11-13(14)16(19)24/h3-6,11H,2,7-10H2,1H3,(H2,19,24). The van der Waals surface area contributed by atoms with E-state index in [4.69, 9.17) is 10.5 Å². The molecule has 0 spiro atoms. The quantitative estimate of drug-likeness (QED) is 0.883. The molecule has 0 atom stereocenters. The van der Waals surface area contributed by atoms with Crippen LogP contribution in [-0.2, 0) is 0 Å². The molecule has 2 N–H and O–H groups in total. The van der Waals surface area contributed by atoms with Crippen LogP contribution in [0.4, 0.5) is 16.0 Å². The number of carbonyl (C=O) groups is 1. The summed E-state index contributed by atoms with van der Waals surface area (Å²) >= 11 is 0. The zero-order valence-corrected chi connectivity index (χ0v) is 14.0. The SMILES string of the molecule is CCOc1ccnc(N2CCN(c3ccc(F)cc3C(N)=O)CC2)n1. The topological polar surface area (TPSA) is 84.6 Å². The highest BCUT2D eigenvalue weighted by atomic mass is 19.1. The van der Waals surface area contributed by atoms with Crippen LogP contribution in [0.3, 0.4) is 0 Å². The maximum atomic E-state index is 13.4. The molecule has 7 nitrogen and oxygen atoms in total. The summed E-state index contributed by atoms with van der Waals surface area (Å²) in [6.07, 6.45) is 1.67. The third kappa shape index (κ3) is 3.78. The minimum Gasteiger partial charge on any atom is -0.478 e. The molecular weight excluding hydrogens is 325 g/mol. The van der Waals surface area contributed by atoms with Crippen LogP contribution < -0.4 is 20.3 Å². The Morgan fingerprint density at radius 3 is 2.64 bits per heavy atom. The Morgan fingerprint density at radius 2 is 1.96 bits per heavy atom. The Hall–Kier alpha value is -2.90. The van der Waals surface area contributed by atoms with Gasteiger partial charge in [0.05, 0.1) is 12.2 Å². The molecule has 0 radical (unpaired) electrons. The van der Waals surface area contributed by atoms with Gasteiger partial charge in [0.15, 0.2) is 0 Å². The second-order valence-electron chi connectivity index (χ2n) is 5.63. The second-order valence-corrected chi connectivity index (χ2v) is 5.63. The highest BCUT2D eigenvalue weighted by Gasteiger charge is 2.22. The Bertz CT molecular complexity index is 762. The maximum absolute atomic E-state index is 13.4. The van der Waals surface area contributed by atoms with Crippen LogP contribution in [0.25, 0.3) is 0 Å². The molecule has 0 unspecified atom stereocenters. The van der Waals surface area contributed by atoms with Crippen molar-refractivity contribution < 1.29 is 13.9 Å². The molecule has 132 valence electrons. The third-order valence-electron chi connectivity index (χ3n) is 4.04. The number of ether oxygens (including phenoxy) is 1. The van der Waals surface area contributed by atoms with Crippen molar-refractivity contribution in [3.63, 3.8) is 0 Å². The molecule has 1 aromatic heterocycles. The van der Waals surface area contributed by atoms with Gasteiger partial charge in [0.1, 0.15) is 5.82 Å². The second kappa shape index (κ2) is 7.33. The van der Waals surface area contributed by atoms with Gasteiger partial charge in [0.25, 0.3) is 5.91 Å². The van der Waals surface area contributed by atoms with Crippen LogP contribution in [-0.4, -0.2) is 48.7 Å². The first-order valence-electron chi connectivity index (χ1n) is 8.13. The summed E-state index contributed by atoms with van der Waals surface area (Å²) in [6, 6.07) is 5.83. The first-order valence-corrected chi connectivity index (χ1v) is 8.13. The number of carbonyl (C=O) groups excluding carboxylic acids is 1. The monoisotopic (exact) mass is 345 g/mol. The maximum Gasteiger partial charge on any atom is 0.250 e. The van der Waals surface area contributed by atoms with E-state index in [1.54, 1.807) is 18.3 Å². The summed E-state index contributed by atoms with van der Waals surface area (Å²) in [5, 5.41) is 0. The normalized spacial score (nSPS) is 14.5. The Kier molecular flexibility index (Phi) is 4.97. The summed E-state index contributed by atoms with van der Waals surface area (Å²) in [6.45, 7) is 5.09. The van der Waals surface area contributed by atoms with Crippen molar-refractivity contribution in [3.05, 3.63) is 41.8 Å². The van der Waals surface area contributed by atoms with Gasteiger partial charge >= 0.3 is 0 Å². The Balaban J connectivity index is 1.72. The third-order valence-corrected chi connectivity index (χ3v) is 4.04. The number of rotatable bonds is 5. The first kappa shape index (κ1) is 16.9. The Labute approximate surface area is 145 Å². The molecule has 1 saturated heterocycles. The predicted octanol–water partition coefficient (Wildman–Crippen LogP) is 1.44. The molecule has 1 aliphatic rings. The minimum atomic E-state index is -0.635. The molecule has 1 aromatic carbocycles. The lowest BCUT2D eigenvalue weighted by molar-refractivity contribution is 0.1000. The number of hydrogen-bond donors (Lipinski definition) is 1. The van der Waals surface area contributed by atoms with E-state index in [9.17, 15) is 9.18 Å². The molecule has 1 aliphatic heterocycles. The molecule has 2 heterocycles. The van der Waals surface area contributed by atoms with Crippen LogP contribution >= 0.6 is 0 Å². The number of piperazine rings is 1. The van der Waals surface area contributed by atoms with E-state index >= 15 is 0 Å². The van der Waals surface area contributed by atoms with Crippen LogP contribution in [0.15, 0.2) is 30.5 Å². The van der Waals surface area contributed by atoms with Crippen molar-refractivity contribution >= 4 is 17.5 Å². The average molecular weight is 345 g/mol. The lowest BCUT2D eigenvalue weighted by Crippen LogP contribution is -2.47. The van der Waals surface area contributed by atoms with Crippen molar-refractivity contribution in [2.75, 3.05) is 42.6 Å². The van der Waals surface area contributed by atoms with Crippen LogP contribution in [0, 0.1) is 5.82 Å². The average Bonchev–Trinajstić information content (AvgIpc) is 2.62. The molecule has 3 rings (SSSR count). The lowest BCUT2D eigenvalue weighted by Gasteiger charge is -2.36. The molecule has 2 aromatic rings. The van der Waals surface area contributed by atoms with Crippen molar-refractivity contribution in [2.24, 2.45) is 5.73 Å². The van der Waals surface area contributed by atoms with E-state index in [0.29, 0.717) is 50.3 Å². The van der Waals surface area contributed by atoms with Gasteiger partial charge in [-0.1, -0.05) is 0 Å². The van der Waals surface area contributed by atoms with Gasteiger partial charge in [-0.05, 0) is 25.1 Å². The Morgan fingerprint density at radius 1 is 1.24 bits per heavy atom. The molecule has 1 fully saturated rings. The summed E-state index contributed by atoms with van der Waals surface area (Å²) in [5.74, 6) is 0.0475. The number of hydrogen-bond acceptors (Lipinski definition) is 6. The largest absolute Gasteiger partial charge is 0.478 e. The predicted molar refractivity (Wildman–Crippen MR) is 92.5 cm³/mol. The smallest absolute Gasteiger partial charge is 0.250 e. The van der Waals surface area contributed by atoms with Crippen molar-refractivity contribution in [1.82, 2.24) is 9.97 Å². The zero-order valence-electron chi connectivity index (χ0n) is 14.0. The van der Waals surface area contributed by atoms with Gasteiger partial charge in [-0.2, -0.15) is 4.98 Å². The number of benzene rings is 1. The van der Waals surface area contributed by atoms with Gasteiger partial charge in [0.2, 0.25) is 11.8 Å². The molecule has 0 saturated carbocycles. The summed E-state index contributed by atoms with van der Waals surface area (Å²) in [4.78, 5) is 24.3. The molecule has 0 aliphatic carbocycles. The highest BCUT2D eigenvalue weighted by Crippen LogP contribution is 2.24. The fraction of sp³-hybridized carbons (Fsp3) is 0.353. The van der Waals surface area contributed by atoms with E-state index in [1.807, 2.05) is 16.7 Å². The van der Waals surface area contributed by atoms with Gasteiger partial charge < -0.3 is 20.3 Å². The first-order chi connectivity index (χ1) is 12.1. The van der Waals surface area contributed by atoms with E-state index in [-0.39, 0.29) is 5.56 Å². The molecule has 25 heavy (non-hydrogen) atoms. The van der Waals surface area contributed by atoms with E-state index in [0.717, 1.165) is 0 Å². The fourth-order valence-electron chi connectivity index (χ4n) is 2.84. The van der Waals surface area contributed by atoms with Crippen LogP contribution in [0.1, 0.15) is 17.3 Å². The summed E-state index contributed by atoms with van der Waals surface area (Å²) < 4.78 is 18.8. The lowest BCUT2D eigenvalue weighted by atomic mass is 10.1. The summed E-state index contributed by atoms with van der Waals surface area (Å²) in [7, 11) is 0. The van der Waals surface area contributed by atoms with Crippen LogP contribution in [0.2, 0.25) is 0 Å². The van der Waals surface area contributed by atoms with Crippen molar-refractivity contribution in [1.29, 1.82) is 0 Å². The number of anilines is 2. The fourth-order valence-corrected chi connectivity index (χ4v) is 2.84. The minimum absolute atomic E-state index is 0.197. The van der Waals surface area contributed by atoms with Crippen LogP contribution in [0.5, 0.6) is 5.88 Å². The van der Waals surface area contributed by atoms with Gasteiger partial charge in [-0.25, -0.2) is 9.37 Å². The van der Waals surface area contributed by atoms with Crippen molar-refractivity contribution in [3.8, 4) is 5.88 Å². The van der Waals surface area contributed by atoms with Gasteiger partial charge in [0, 0.05) is 44.1 Å². The number of halogens is 1. The molecule has 1 amide bonds.